The molecule has 0 amide bonds. The number of nitrogens with one attached hydrogen (secondary N) is 2. The number of hydrogen-bond acceptors (Lipinski definition) is 4. The molecule has 0 bridgehead atoms. The molecular weight excluding hydrogens is 452 g/mol. The maximum Gasteiger partial charge on any atom is 0.126 e. The molecule has 0 unspecified atom stereocenters. The third-order valence-electron chi connectivity index (χ3n) is 6.03. The zero-order chi connectivity index (χ0) is 28.4. The van der Waals surface area contributed by atoms with Gasteiger partial charge in [-0.15, -0.1) is 0 Å². The van der Waals surface area contributed by atoms with E-state index in [-0.39, 0.29) is 0 Å². The Kier molecular flexibility index (Phi) is 17.5. The summed E-state index contributed by atoms with van der Waals surface area (Å²) in [4.78, 5) is 6.88. The number of anilines is 1. The van der Waals surface area contributed by atoms with Crippen molar-refractivity contribution in [3.63, 3.8) is 0 Å². The predicted octanol–water partition coefficient (Wildman–Crippen LogP) is 8.69. The van der Waals surface area contributed by atoms with E-state index >= 15 is 0 Å². The first-order valence-electron chi connectivity index (χ1n) is 13.7. The van der Waals surface area contributed by atoms with Gasteiger partial charge in [-0.05, 0) is 107 Å². The van der Waals surface area contributed by atoms with Gasteiger partial charge in [0.1, 0.15) is 5.82 Å². The first kappa shape index (κ1) is 33.9. The van der Waals surface area contributed by atoms with Crippen molar-refractivity contribution in [2.75, 3.05) is 25.5 Å². The number of aromatic nitrogens is 1. The van der Waals surface area contributed by atoms with Gasteiger partial charge in [0.2, 0.25) is 0 Å². The van der Waals surface area contributed by atoms with Crippen molar-refractivity contribution < 1.29 is 0 Å². The van der Waals surface area contributed by atoms with Crippen LogP contribution in [-0.2, 0) is 0 Å². The number of rotatable bonds is 10. The standard InChI is InChI=1S/C29H40N4.2C2H6/c1-9-21(4)25(11-3)19-27(22(5)10-2)18-23(6)31-24(7)26-12-15-30-29(20-26)32-28-13-16-33(8)17-14-28;2*1-2/h9-12,15,18-20,28,31H,2,5,7,13-14,16-17H2,1,3-4,6,8H3,(H,30,32);2*1-2H3/b21-9+,23-18+,25-11+,27-19-;;. The van der Waals surface area contributed by atoms with Gasteiger partial charge < -0.3 is 15.5 Å². The van der Waals surface area contributed by atoms with Gasteiger partial charge >= 0.3 is 0 Å². The molecule has 0 radical (unpaired) electrons. The molecule has 1 aromatic rings. The Labute approximate surface area is 228 Å². The molecule has 0 aliphatic carbocycles. The van der Waals surface area contributed by atoms with Crippen LogP contribution in [0.1, 0.15) is 73.8 Å². The maximum absolute atomic E-state index is 4.51. The van der Waals surface area contributed by atoms with E-state index in [1.54, 1.807) is 6.08 Å². The molecule has 1 fully saturated rings. The van der Waals surface area contributed by atoms with Gasteiger partial charge in [-0.1, -0.05) is 65.7 Å². The molecule has 37 heavy (non-hydrogen) atoms. The van der Waals surface area contributed by atoms with Crippen LogP contribution in [0.5, 0.6) is 0 Å². The Morgan fingerprint density at radius 2 is 1.62 bits per heavy atom. The number of likely N-dealkylation sites (tertiary alicyclic amines) is 1. The Bertz CT molecular complexity index is 983. The quantitative estimate of drug-likeness (QED) is 0.313. The third-order valence-corrected chi connectivity index (χ3v) is 6.03. The molecule has 204 valence electrons. The largest absolute Gasteiger partial charge is 0.367 e. The average Bonchev–Trinajstić information content (AvgIpc) is 2.93. The second-order valence-electron chi connectivity index (χ2n) is 8.63. The lowest BCUT2D eigenvalue weighted by molar-refractivity contribution is 0.263. The minimum absolute atomic E-state index is 0.464. The monoisotopic (exact) mass is 504 g/mol. The van der Waals surface area contributed by atoms with E-state index in [4.69, 9.17) is 0 Å². The molecule has 0 spiro atoms. The van der Waals surface area contributed by atoms with Gasteiger partial charge in [0.25, 0.3) is 0 Å². The summed E-state index contributed by atoms with van der Waals surface area (Å²) in [5, 5.41) is 7.02. The smallest absolute Gasteiger partial charge is 0.126 e. The van der Waals surface area contributed by atoms with Crippen molar-refractivity contribution in [2.24, 2.45) is 0 Å². The second kappa shape index (κ2) is 19.1. The van der Waals surface area contributed by atoms with Crippen molar-refractivity contribution in [1.82, 2.24) is 15.2 Å². The molecule has 0 atom stereocenters. The van der Waals surface area contributed by atoms with Crippen molar-refractivity contribution in [1.29, 1.82) is 0 Å². The summed E-state index contributed by atoms with van der Waals surface area (Å²) in [7, 11) is 2.17. The lowest BCUT2D eigenvalue weighted by atomic mass is 9.99. The number of piperidine rings is 1. The molecule has 1 aromatic heterocycles. The van der Waals surface area contributed by atoms with Crippen LogP contribution >= 0.6 is 0 Å². The van der Waals surface area contributed by atoms with E-state index in [2.05, 4.69) is 84.6 Å². The third kappa shape index (κ3) is 12.1. The van der Waals surface area contributed by atoms with Crippen LogP contribution in [0.25, 0.3) is 5.70 Å². The molecule has 4 heteroatoms. The van der Waals surface area contributed by atoms with Crippen LogP contribution in [0.4, 0.5) is 5.82 Å². The van der Waals surface area contributed by atoms with Gasteiger partial charge in [0.15, 0.2) is 0 Å². The summed E-state index contributed by atoms with van der Waals surface area (Å²) in [6, 6.07) is 4.51. The zero-order valence-electron chi connectivity index (χ0n) is 25.0. The number of pyridine rings is 1. The van der Waals surface area contributed by atoms with Crippen LogP contribution in [0.3, 0.4) is 0 Å². The van der Waals surface area contributed by atoms with Crippen molar-refractivity contribution in [3.8, 4) is 0 Å². The Hall–Kier alpha value is -3.11. The van der Waals surface area contributed by atoms with E-state index in [0.717, 1.165) is 65.4 Å². The Morgan fingerprint density at radius 1 is 1.00 bits per heavy atom. The van der Waals surface area contributed by atoms with Crippen molar-refractivity contribution in [3.05, 3.63) is 102 Å². The van der Waals surface area contributed by atoms with Crippen LogP contribution < -0.4 is 10.6 Å². The van der Waals surface area contributed by atoms with E-state index in [9.17, 15) is 0 Å². The molecule has 1 saturated heterocycles. The lowest BCUT2D eigenvalue weighted by Crippen LogP contribution is -2.36. The van der Waals surface area contributed by atoms with E-state index in [1.165, 1.54) is 5.57 Å². The highest BCUT2D eigenvalue weighted by molar-refractivity contribution is 5.66. The summed E-state index contributed by atoms with van der Waals surface area (Å²) < 4.78 is 0. The molecule has 2 heterocycles. The summed E-state index contributed by atoms with van der Waals surface area (Å²) in [5.74, 6) is 0.895. The zero-order valence-corrected chi connectivity index (χ0v) is 25.0. The minimum Gasteiger partial charge on any atom is -0.367 e. The summed E-state index contributed by atoms with van der Waals surface area (Å²) in [6.45, 7) is 30.8. The maximum atomic E-state index is 4.51. The fourth-order valence-corrected chi connectivity index (χ4v) is 3.74. The molecular formula is C33H52N4. The van der Waals surface area contributed by atoms with E-state index in [0.29, 0.717) is 6.04 Å². The van der Waals surface area contributed by atoms with Gasteiger partial charge in [-0.25, -0.2) is 4.98 Å². The first-order valence-corrected chi connectivity index (χ1v) is 13.7. The normalized spacial score (nSPS) is 15.5. The molecule has 0 saturated carbocycles. The van der Waals surface area contributed by atoms with Gasteiger partial charge in [0, 0.05) is 29.2 Å². The summed E-state index contributed by atoms with van der Waals surface area (Å²) in [6.07, 6.45) is 14.3. The number of nitrogens with zero attached hydrogens (tertiary/aromatic N) is 2. The first-order chi connectivity index (χ1) is 17.8. The Balaban J connectivity index is 0.00000308. The second-order valence-corrected chi connectivity index (χ2v) is 8.63. The molecule has 0 aromatic carbocycles. The fraction of sp³-hybridized carbons (Fsp3) is 0.424. The Morgan fingerprint density at radius 3 is 2.16 bits per heavy atom. The van der Waals surface area contributed by atoms with Gasteiger partial charge in [-0.2, -0.15) is 0 Å². The highest BCUT2D eigenvalue weighted by Crippen LogP contribution is 2.21. The topological polar surface area (TPSA) is 40.2 Å². The van der Waals surface area contributed by atoms with Crippen LogP contribution in [0.15, 0.2) is 96.4 Å². The lowest BCUT2D eigenvalue weighted by Gasteiger charge is -2.29. The minimum atomic E-state index is 0.464. The van der Waals surface area contributed by atoms with Gasteiger partial charge in [0.05, 0.1) is 0 Å². The highest BCUT2D eigenvalue weighted by atomic mass is 15.1. The van der Waals surface area contributed by atoms with Crippen LogP contribution in [-0.4, -0.2) is 36.1 Å². The van der Waals surface area contributed by atoms with Crippen molar-refractivity contribution in [2.45, 2.75) is 74.3 Å². The summed E-state index contributed by atoms with van der Waals surface area (Å²) in [5.41, 5.74) is 7.09. The van der Waals surface area contributed by atoms with Crippen LogP contribution in [0.2, 0.25) is 0 Å². The van der Waals surface area contributed by atoms with Crippen molar-refractivity contribution >= 4 is 11.5 Å². The predicted molar refractivity (Wildman–Crippen MR) is 168 cm³/mol. The van der Waals surface area contributed by atoms with E-state index < -0.39 is 0 Å². The van der Waals surface area contributed by atoms with Crippen LogP contribution in [0, 0.1) is 0 Å². The molecule has 1 aliphatic rings. The molecule has 2 N–H and O–H groups in total. The SMILES string of the molecule is C=CC(=C)C(=C\C(=C/C)C(\C)=C\C)/C=C(\C)NC(=C)c1ccnc(NC2CCN(C)CC2)c1.CC.CC. The molecule has 2 rings (SSSR count). The highest BCUT2D eigenvalue weighted by Gasteiger charge is 2.16. The average molecular weight is 505 g/mol. The molecule has 4 nitrogen and oxygen atoms in total. The van der Waals surface area contributed by atoms with E-state index in [1.807, 2.05) is 60.7 Å². The molecule has 1 aliphatic heterocycles. The summed E-state index contributed by atoms with van der Waals surface area (Å²) >= 11 is 0. The number of hydrogen-bond donors (Lipinski definition) is 2. The number of allylic oxidation sites excluding steroid dienone is 10. The fourth-order valence-electron chi connectivity index (χ4n) is 3.74. The van der Waals surface area contributed by atoms with Gasteiger partial charge in [-0.3, -0.25) is 0 Å².